The molecule has 0 spiro atoms. The fourth-order valence-electron chi connectivity index (χ4n) is 4.30. The van der Waals surface area contributed by atoms with E-state index in [1.54, 1.807) is 0 Å². The highest BCUT2D eigenvalue weighted by atomic mass is 32.1. The van der Waals surface area contributed by atoms with Gasteiger partial charge in [-0.25, -0.2) is 0 Å². The molecule has 2 atom stereocenters. The minimum atomic E-state index is -0.0745. The quantitative estimate of drug-likeness (QED) is 0.437. The molecule has 2 aromatic carbocycles. The van der Waals surface area contributed by atoms with Gasteiger partial charge in [-0.15, -0.1) is 0 Å². The normalized spacial score (nSPS) is 17.9. The third-order valence-electron chi connectivity index (χ3n) is 5.86. The highest BCUT2D eigenvalue weighted by molar-refractivity contribution is 7.80. The molecule has 1 N–H and O–H groups in total. The summed E-state index contributed by atoms with van der Waals surface area (Å²) >= 11 is 5.86. The molecule has 160 valence electrons. The van der Waals surface area contributed by atoms with Gasteiger partial charge in [0.1, 0.15) is 6.04 Å². The Hall–Kier alpha value is -3.64. The first-order chi connectivity index (χ1) is 15.6. The van der Waals surface area contributed by atoms with Gasteiger partial charge < -0.3 is 19.7 Å². The largest absolute Gasteiger partial charge is 0.378 e. The molecule has 32 heavy (non-hydrogen) atoms. The van der Waals surface area contributed by atoms with Crippen LogP contribution in [0.15, 0.2) is 97.3 Å². The number of aromatic nitrogens is 2. The van der Waals surface area contributed by atoms with E-state index < -0.39 is 0 Å². The molecule has 0 radical (unpaired) electrons. The molecule has 0 amide bonds. The molecule has 1 fully saturated rings. The van der Waals surface area contributed by atoms with Crippen LogP contribution in [0.25, 0.3) is 5.69 Å². The van der Waals surface area contributed by atoms with Crippen LogP contribution in [0.1, 0.15) is 23.5 Å². The third-order valence-corrected chi connectivity index (χ3v) is 6.17. The summed E-state index contributed by atoms with van der Waals surface area (Å²) in [5, 5.41) is 4.24. The molecule has 5 nitrogen and oxygen atoms in total. The molecule has 1 saturated heterocycles. The number of nitrogens with zero attached hydrogens (tertiary/aromatic N) is 4. The van der Waals surface area contributed by atoms with Crippen LogP contribution < -0.4 is 15.1 Å². The highest BCUT2D eigenvalue weighted by Gasteiger charge is 2.42. The maximum absolute atomic E-state index is 5.86. The number of thiocarbonyl (C=S) groups is 1. The zero-order valence-electron chi connectivity index (χ0n) is 18.1. The van der Waals surface area contributed by atoms with Gasteiger partial charge in [0, 0.05) is 49.2 Å². The van der Waals surface area contributed by atoms with Crippen LogP contribution in [-0.2, 0) is 0 Å². The summed E-state index contributed by atoms with van der Waals surface area (Å²) in [6, 6.07) is 29.1. The van der Waals surface area contributed by atoms with Gasteiger partial charge in [0.2, 0.25) is 0 Å². The lowest BCUT2D eigenvalue weighted by atomic mass is 10.0. The second kappa shape index (κ2) is 8.48. The standard InChI is InChI=1S/C26H25N5S/c1-29(2)19-13-15-21(16-14-19)31-25(24(28-26(31)32)22-11-6-7-17-27-22)23-12-8-18-30(23)20-9-4-3-5-10-20/h3-18,24-25H,1-2H3,(H,28,32)/t24-,25-/m1/s1. The summed E-state index contributed by atoms with van der Waals surface area (Å²) in [6.07, 6.45) is 3.94. The number of nitrogens with one attached hydrogen (secondary N) is 1. The van der Waals surface area contributed by atoms with E-state index in [1.165, 1.54) is 0 Å². The van der Waals surface area contributed by atoms with Crippen molar-refractivity contribution < 1.29 is 0 Å². The molecule has 0 saturated carbocycles. The average molecular weight is 440 g/mol. The average Bonchev–Trinajstić information content (AvgIpc) is 3.44. The van der Waals surface area contributed by atoms with Crippen molar-refractivity contribution in [2.45, 2.75) is 12.1 Å². The molecule has 6 heteroatoms. The monoisotopic (exact) mass is 439 g/mol. The molecule has 0 aliphatic carbocycles. The summed E-state index contributed by atoms with van der Waals surface area (Å²) in [6.45, 7) is 0. The number of pyridine rings is 1. The van der Waals surface area contributed by atoms with E-state index >= 15 is 0 Å². The maximum atomic E-state index is 5.86. The van der Waals surface area contributed by atoms with Crippen molar-refractivity contribution in [2.75, 3.05) is 23.9 Å². The number of benzene rings is 2. The van der Waals surface area contributed by atoms with E-state index in [1.807, 2.05) is 38.5 Å². The summed E-state index contributed by atoms with van der Waals surface area (Å²) in [5.41, 5.74) is 5.44. The van der Waals surface area contributed by atoms with Gasteiger partial charge in [-0.2, -0.15) is 0 Å². The fourth-order valence-corrected chi connectivity index (χ4v) is 4.65. The van der Waals surface area contributed by atoms with Crippen LogP contribution in [0.5, 0.6) is 0 Å². The van der Waals surface area contributed by atoms with Gasteiger partial charge in [-0.3, -0.25) is 4.98 Å². The number of anilines is 2. The Balaban J connectivity index is 1.64. The molecular formula is C26H25N5S. The van der Waals surface area contributed by atoms with Crippen molar-refractivity contribution in [1.82, 2.24) is 14.9 Å². The van der Waals surface area contributed by atoms with Gasteiger partial charge in [0.25, 0.3) is 0 Å². The second-order valence-corrected chi connectivity index (χ2v) is 8.43. The Morgan fingerprint density at radius 1 is 0.844 bits per heavy atom. The molecule has 0 unspecified atom stereocenters. The van der Waals surface area contributed by atoms with Crippen LogP contribution in [0, 0.1) is 0 Å². The molecule has 1 aliphatic heterocycles. The Labute approximate surface area is 193 Å². The fraction of sp³-hybridized carbons (Fsp3) is 0.154. The zero-order valence-corrected chi connectivity index (χ0v) is 18.9. The minimum absolute atomic E-state index is 0.0576. The molecule has 0 bridgehead atoms. The van der Waals surface area contributed by atoms with Crippen molar-refractivity contribution in [3.8, 4) is 5.69 Å². The van der Waals surface area contributed by atoms with Crippen LogP contribution >= 0.6 is 12.2 Å². The molecule has 2 aromatic heterocycles. The SMILES string of the molecule is CN(C)c1ccc(N2C(=S)N[C@H](c3ccccn3)[C@H]2c2cccn2-c2ccccc2)cc1. The van der Waals surface area contributed by atoms with Crippen LogP contribution in [0.3, 0.4) is 0 Å². The lowest BCUT2D eigenvalue weighted by molar-refractivity contribution is 0.549. The predicted molar refractivity (Wildman–Crippen MR) is 134 cm³/mol. The number of hydrogen-bond acceptors (Lipinski definition) is 3. The van der Waals surface area contributed by atoms with E-state index in [-0.39, 0.29) is 12.1 Å². The molecule has 5 rings (SSSR count). The summed E-state index contributed by atoms with van der Waals surface area (Å²) in [7, 11) is 4.09. The number of para-hydroxylation sites is 1. The van der Waals surface area contributed by atoms with Crippen molar-refractivity contribution in [2.24, 2.45) is 0 Å². The van der Waals surface area contributed by atoms with Gasteiger partial charge in [0.05, 0.1) is 11.7 Å². The molecule has 4 aromatic rings. The Kier molecular flexibility index (Phi) is 5.37. The topological polar surface area (TPSA) is 36.3 Å². The van der Waals surface area contributed by atoms with Gasteiger partial charge >= 0.3 is 0 Å². The van der Waals surface area contributed by atoms with E-state index in [0.717, 1.165) is 28.5 Å². The Morgan fingerprint density at radius 3 is 2.28 bits per heavy atom. The number of hydrogen-bond donors (Lipinski definition) is 1. The molecule has 1 aliphatic rings. The van der Waals surface area contributed by atoms with Gasteiger partial charge in [-0.1, -0.05) is 24.3 Å². The van der Waals surface area contributed by atoms with Crippen LogP contribution in [-0.4, -0.2) is 28.8 Å². The lowest BCUT2D eigenvalue weighted by Crippen LogP contribution is -2.30. The third kappa shape index (κ3) is 3.63. The summed E-state index contributed by atoms with van der Waals surface area (Å²) in [5.74, 6) is 0. The first kappa shape index (κ1) is 20.3. The van der Waals surface area contributed by atoms with Crippen molar-refractivity contribution in [3.05, 3.63) is 109 Å². The Morgan fingerprint density at radius 2 is 1.59 bits per heavy atom. The van der Waals surface area contributed by atoms with Crippen LogP contribution in [0.2, 0.25) is 0 Å². The van der Waals surface area contributed by atoms with E-state index in [2.05, 4.69) is 97.6 Å². The van der Waals surface area contributed by atoms with E-state index in [9.17, 15) is 0 Å². The molecule has 3 heterocycles. The first-order valence-corrected chi connectivity index (χ1v) is 11.0. The maximum Gasteiger partial charge on any atom is 0.174 e. The molecular weight excluding hydrogens is 414 g/mol. The predicted octanol–water partition coefficient (Wildman–Crippen LogP) is 5.12. The summed E-state index contributed by atoms with van der Waals surface area (Å²) < 4.78 is 2.23. The van der Waals surface area contributed by atoms with Gasteiger partial charge in [0.15, 0.2) is 5.11 Å². The highest BCUT2D eigenvalue weighted by Crippen LogP contribution is 2.42. The first-order valence-electron chi connectivity index (χ1n) is 10.6. The van der Waals surface area contributed by atoms with E-state index in [4.69, 9.17) is 12.2 Å². The smallest absolute Gasteiger partial charge is 0.174 e. The second-order valence-electron chi connectivity index (χ2n) is 8.05. The van der Waals surface area contributed by atoms with Crippen molar-refractivity contribution in [3.63, 3.8) is 0 Å². The zero-order chi connectivity index (χ0) is 22.1. The Bertz CT molecular complexity index is 1200. The number of rotatable bonds is 5. The van der Waals surface area contributed by atoms with Gasteiger partial charge in [-0.05, 0) is 72.9 Å². The van der Waals surface area contributed by atoms with Crippen LogP contribution in [0.4, 0.5) is 11.4 Å². The van der Waals surface area contributed by atoms with E-state index in [0.29, 0.717) is 5.11 Å². The lowest BCUT2D eigenvalue weighted by Gasteiger charge is -2.29. The minimum Gasteiger partial charge on any atom is -0.378 e. The summed E-state index contributed by atoms with van der Waals surface area (Å²) in [4.78, 5) is 8.97. The van der Waals surface area contributed by atoms with Crippen molar-refractivity contribution >= 4 is 28.7 Å². The van der Waals surface area contributed by atoms with Crippen molar-refractivity contribution in [1.29, 1.82) is 0 Å².